The fraction of sp³-hybridized carbons (Fsp3) is 0.818. The van der Waals surface area contributed by atoms with E-state index in [1.807, 2.05) is 13.8 Å². The van der Waals surface area contributed by atoms with E-state index < -0.39 is 12.0 Å². The van der Waals surface area contributed by atoms with Crippen LogP contribution in [0.3, 0.4) is 0 Å². The van der Waals surface area contributed by atoms with E-state index in [0.29, 0.717) is 12.8 Å². The third-order valence-corrected chi connectivity index (χ3v) is 4.49. The molecule has 0 rings (SSSR count). The van der Waals surface area contributed by atoms with E-state index in [4.69, 9.17) is 0 Å². The van der Waals surface area contributed by atoms with Crippen LogP contribution in [0.4, 0.5) is 0 Å². The Hall–Kier alpha value is -0.320. The van der Waals surface area contributed by atoms with Crippen molar-refractivity contribution in [3.8, 4) is 0 Å². The second kappa shape index (κ2) is 20.4. The van der Waals surface area contributed by atoms with E-state index in [9.17, 15) is 14.7 Å². The van der Waals surface area contributed by atoms with Crippen LogP contribution in [0.1, 0.15) is 104 Å². The summed E-state index contributed by atoms with van der Waals surface area (Å²) >= 11 is 0. The van der Waals surface area contributed by atoms with Gasteiger partial charge in [0, 0.05) is 6.42 Å². The van der Waals surface area contributed by atoms with Gasteiger partial charge < -0.3 is 15.2 Å². The van der Waals surface area contributed by atoms with Crippen LogP contribution in [0.5, 0.6) is 0 Å². The van der Waals surface area contributed by atoms with Crippen LogP contribution >= 0.6 is 0 Å². The predicted octanol–water partition coefficient (Wildman–Crippen LogP) is 1.53. The topological polar surface area (TPSA) is 69.2 Å². The van der Waals surface area contributed by atoms with Gasteiger partial charge in [-0.05, 0) is 44.4 Å². The molecular formula is C22H40NNaO3. The standard InChI is InChI=1S/C22H41NO3.Na/c1-4-5-6-7-8-9-10-11-12-13-14-15-16-17-21(24)23-20(22(25)26)18-19(2)3;/h9-10,19-20H,4-8,11-18H2,1-3H3,(H,23,24)(H,25,26);/q;+1/p-1/b10-9-;/t20-;/m0./s1. The third-order valence-electron chi connectivity index (χ3n) is 4.49. The van der Waals surface area contributed by atoms with Crippen LogP contribution in [0.15, 0.2) is 12.2 Å². The number of carboxylic acid groups (broad SMARTS) is 1. The van der Waals surface area contributed by atoms with Crippen molar-refractivity contribution in [1.29, 1.82) is 0 Å². The van der Waals surface area contributed by atoms with Gasteiger partial charge in [-0.25, -0.2) is 0 Å². The summed E-state index contributed by atoms with van der Waals surface area (Å²) in [5, 5.41) is 13.6. The summed E-state index contributed by atoms with van der Waals surface area (Å²) in [5.41, 5.74) is 0. The van der Waals surface area contributed by atoms with Gasteiger partial charge in [-0.2, -0.15) is 0 Å². The molecule has 0 heterocycles. The van der Waals surface area contributed by atoms with Gasteiger partial charge >= 0.3 is 29.6 Å². The smallest absolute Gasteiger partial charge is 0.548 e. The largest absolute Gasteiger partial charge is 1.00 e. The zero-order valence-corrected chi connectivity index (χ0v) is 20.2. The van der Waals surface area contributed by atoms with Gasteiger partial charge in [-0.3, -0.25) is 4.79 Å². The molecule has 0 aromatic carbocycles. The van der Waals surface area contributed by atoms with Crippen molar-refractivity contribution in [2.45, 2.75) is 110 Å². The Bertz CT molecular complexity index is 397. The molecular weight excluding hydrogens is 349 g/mol. The molecule has 0 aliphatic rings. The zero-order valence-electron chi connectivity index (χ0n) is 18.2. The first kappa shape index (κ1) is 28.9. The van der Waals surface area contributed by atoms with Crippen LogP contribution in [-0.4, -0.2) is 17.9 Å². The molecule has 0 aromatic rings. The molecule has 1 atom stereocenters. The van der Waals surface area contributed by atoms with Crippen molar-refractivity contribution in [2.24, 2.45) is 5.92 Å². The molecule has 1 amide bonds. The summed E-state index contributed by atoms with van der Waals surface area (Å²) in [6.45, 7) is 6.10. The minimum absolute atomic E-state index is 0. The Balaban J connectivity index is 0. The van der Waals surface area contributed by atoms with Crippen LogP contribution in [0.25, 0.3) is 0 Å². The van der Waals surface area contributed by atoms with E-state index in [1.54, 1.807) is 0 Å². The van der Waals surface area contributed by atoms with Crippen LogP contribution in [0, 0.1) is 5.92 Å². The van der Waals surface area contributed by atoms with E-state index in [1.165, 1.54) is 44.9 Å². The molecule has 0 radical (unpaired) electrons. The zero-order chi connectivity index (χ0) is 19.6. The first-order valence-electron chi connectivity index (χ1n) is 10.6. The fourth-order valence-electron chi connectivity index (χ4n) is 2.95. The minimum Gasteiger partial charge on any atom is -0.548 e. The average molecular weight is 390 g/mol. The summed E-state index contributed by atoms with van der Waals surface area (Å²) in [7, 11) is 0. The second-order valence-corrected chi connectivity index (χ2v) is 7.70. The van der Waals surface area contributed by atoms with Gasteiger partial charge in [-0.15, -0.1) is 0 Å². The summed E-state index contributed by atoms with van der Waals surface area (Å²) in [4.78, 5) is 22.9. The molecule has 0 unspecified atom stereocenters. The van der Waals surface area contributed by atoms with Crippen molar-refractivity contribution in [3.63, 3.8) is 0 Å². The molecule has 0 aliphatic heterocycles. The van der Waals surface area contributed by atoms with E-state index in [0.717, 1.165) is 25.7 Å². The number of rotatable bonds is 17. The Morgan fingerprint density at radius 1 is 0.889 bits per heavy atom. The Morgan fingerprint density at radius 3 is 1.93 bits per heavy atom. The molecule has 27 heavy (non-hydrogen) atoms. The molecule has 0 fully saturated rings. The summed E-state index contributed by atoms with van der Waals surface area (Å²) in [6, 6.07) is -0.865. The molecule has 0 aromatic heterocycles. The second-order valence-electron chi connectivity index (χ2n) is 7.70. The maximum Gasteiger partial charge on any atom is 1.00 e. The summed E-state index contributed by atoms with van der Waals surface area (Å²) in [5.74, 6) is -1.15. The van der Waals surface area contributed by atoms with Gasteiger partial charge in [0.15, 0.2) is 0 Å². The number of hydrogen-bond donors (Lipinski definition) is 1. The van der Waals surface area contributed by atoms with Crippen molar-refractivity contribution >= 4 is 11.9 Å². The summed E-state index contributed by atoms with van der Waals surface area (Å²) in [6.07, 6.45) is 18.4. The van der Waals surface area contributed by atoms with Gasteiger partial charge in [0.25, 0.3) is 0 Å². The van der Waals surface area contributed by atoms with Gasteiger partial charge in [-0.1, -0.05) is 71.4 Å². The SMILES string of the molecule is CCCCCC/C=C\CCCCCCCC(=O)N[C@@H](CC(C)C)C(=O)[O-].[Na+]. The van der Waals surface area contributed by atoms with Gasteiger partial charge in [0.1, 0.15) is 0 Å². The van der Waals surface area contributed by atoms with Crippen molar-refractivity contribution < 1.29 is 44.3 Å². The third kappa shape index (κ3) is 20.2. The minimum atomic E-state index is -1.19. The molecule has 0 spiro atoms. The molecule has 0 aliphatic carbocycles. The molecule has 5 heteroatoms. The number of unbranched alkanes of at least 4 members (excludes halogenated alkanes) is 9. The quantitative estimate of drug-likeness (QED) is 0.233. The molecule has 0 bridgehead atoms. The van der Waals surface area contributed by atoms with Crippen LogP contribution in [0.2, 0.25) is 0 Å². The normalized spacial score (nSPS) is 12.1. The number of aliphatic carboxylic acids is 1. The van der Waals surface area contributed by atoms with Gasteiger partial charge in [0.2, 0.25) is 5.91 Å². The maximum absolute atomic E-state index is 11.8. The van der Waals surface area contributed by atoms with E-state index >= 15 is 0 Å². The molecule has 4 nitrogen and oxygen atoms in total. The van der Waals surface area contributed by atoms with Crippen molar-refractivity contribution in [3.05, 3.63) is 12.2 Å². The van der Waals surface area contributed by atoms with Crippen LogP contribution < -0.4 is 40.0 Å². The monoisotopic (exact) mass is 389 g/mol. The van der Waals surface area contributed by atoms with Crippen molar-refractivity contribution in [1.82, 2.24) is 5.32 Å². The number of carbonyl (C=O) groups excluding carboxylic acids is 2. The Kier molecular flexibility index (Phi) is 21.8. The average Bonchev–Trinajstić information content (AvgIpc) is 2.58. The Labute approximate surface area is 189 Å². The maximum atomic E-state index is 11.8. The fourth-order valence-corrected chi connectivity index (χ4v) is 2.95. The first-order chi connectivity index (χ1) is 12.5. The van der Waals surface area contributed by atoms with E-state index in [2.05, 4.69) is 24.4 Å². The molecule has 0 saturated heterocycles. The number of hydrogen-bond acceptors (Lipinski definition) is 3. The van der Waals surface area contributed by atoms with E-state index in [-0.39, 0.29) is 41.4 Å². The number of nitrogens with one attached hydrogen (secondary N) is 1. The van der Waals surface area contributed by atoms with Crippen molar-refractivity contribution in [2.75, 3.05) is 0 Å². The molecule has 152 valence electrons. The van der Waals surface area contributed by atoms with Crippen LogP contribution in [-0.2, 0) is 9.59 Å². The number of carbonyl (C=O) groups is 2. The number of carboxylic acids is 1. The molecule has 1 N–H and O–H groups in total. The summed E-state index contributed by atoms with van der Waals surface area (Å²) < 4.78 is 0. The predicted molar refractivity (Wildman–Crippen MR) is 107 cm³/mol. The molecule has 0 saturated carbocycles. The number of amides is 1. The Morgan fingerprint density at radius 2 is 1.41 bits per heavy atom. The number of allylic oxidation sites excluding steroid dienone is 2. The van der Waals surface area contributed by atoms with Gasteiger partial charge in [0.05, 0.1) is 12.0 Å². The first-order valence-corrected chi connectivity index (χ1v) is 10.6.